The summed E-state index contributed by atoms with van der Waals surface area (Å²) in [4.78, 5) is 14.5. The molecule has 0 heterocycles. The Morgan fingerprint density at radius 1 is 1.04 bits per heavy atom. The third kappa shape index (κ3) is 4.72. The molecule has 0 N–H and O–H groups in total. The molecule has 0 saturated heterocycles. The van der Waals surface area contributed by atoms with Crippen molar-refractivity contribution in [2.45, 2.75) is 39.8 Å². The van der Waals surface area contributed by atoms with Gasteiger partial charge < -0.3 is 4.74 Å². The van der Waals surface area contributed by atoms with Crippen LogP contribution < -0.4 is 4.90 Å². The number of hydrogen-bond donors (Lipinski definition) is 0. The van der Waals surface area contributed by atoms with Gasteiger partial charge in [0.2, 0.25) is 0 Å². The van der Waals surface area contributed by atoms with Crippen molar-refractivity contribution in [2.24, 2.45) is 0 Å². The zero-order valence-corrected chi connectivity index (χ0v) is 14.9. The summed E-state index contributed by atoms with van der Waals surface area (Å²) >= 11 is 0. The van der Waals surface area contributed by atoms with E-state index in [9.17, 15) is 4.79 Å². The summed E-state index contributed by atoms with van der Waals surface area (Å²) in [6.07, 6.45) is -0.361. The van der Waals surface area contributed by atoms with Crippen molar-refractivity contribution < 1.29 is 9.53 Å². The average molecular weight is 323 g/mol. The van der Waals surface area contributed by atoms with Crippen LogP contribution >= 0.6 is 0 Å². The normalized spacial score (nSPS) is 11.0. The summed E-state index contributed by atoms with van der Waals surface area (Å²) in [6, 6.07) is 17.7. The van der Waals surface area contributed by atoms with Gasteiger partial charge in [-0.3, -0.25) is 4.90 Å². The minimum absolute atomic E-state index is 0.361. The molecule has 3 nitrogen and oxygen atoms in total. The first-order chi connectivity index (χ1) is 11.3. The summed E-state index contributed by atoms with van der Waals surface area (Å²) in [5.74, 6) is 0. The Morgan fingerprint density at radius 3 is 2.21 bits per heavy atom. The minimum atomic E-state index is -0.551. The molecule has 0 aliphatic heterocycles. The Morgan fingerprint density at radius 2 is 1.62 bits per heavy atom. The van der Waals surface area contributed by atoms with E-state index in [4.69, 9.17) is 4.74 Å². The van der Waals surface area contributed by atoms with Crippen LogP contribution in [0.3, 0.4) is 0 Å². The number of para-hydroxylation sites is 1. The fraction of sp³-hybridized carbons (Fsp3) is 0.286. The summed E-state index contributed by atoms with van der Waals surface area (Å²) in [5, 5.41) is 0. The van der Waals surface area contributed by atoms with Gasteiger partial charge in [0, 0.05) is 5.56 Å². The van der Waals surface area contributed by atoms with E-state index in [1.165, 1.54) is 0 Å². The molecule has 0 bridgehead atoms. The van der Waals surface area contributed by atoms with Gasteiger partial charge in [0.05, 0.1) is 12.2 Å². The smallest absolute Gasteiger partial charge is 0.415 e. The van der Waals surface area contributed by atoms with E-state index < -0.39 is 5.60 Å². The van der Waals surface area contributed by atoms with E-state index in [-0.39, 0.29) is 6.09 Å². The van der Waals surface area contributed by atoms with Crippen molar-refractivity contribution in [2.75, 3.05) is 4.90 Å². The predicted octanol–water partition coefficient (Wildman–Crippen LogP) is 5.66. The van der Waals surface area contributed by atoms with Gasteiger partial charge in [0.15, 0.2) is 0 Å². The van der Waals surface area contributed by atoms with Gasteiger partial charge in [-0.25, -0.2) is 4.79 Å². The standard InChI is InChI=1S/C21H25NO2/c1-16(2)18-13-9-10-14-19(18)22(20(23)24-21(3,4)5)15-17-11-7-6-8-12-17/h6-14H,1,15H2,2-5H3. The lowest BCUT2D eigenvalue weighted by atomic mass is 10.1. The highest BCUT2D eigenvalue weighted by molar-refractivity contribution is 5.92. The maximum Gasteiger partial charge on any atom is 0.415 e. The van der Waals surface area contributed by atoms with Crippen LogP contribution in [0.5, 0.6) is 0 Å². The monoisotopic (exact) mass is 323 g/mol. The van der Waals surface area contributed by atoms with Crippen molar-refractivity contribution in [3.8, 4) is 0 Å². The number of carbonyl (C=O) groups is 1. The van der Waals surface area contributed by atoms with Crippen LogP contribution in [0.2, 0.25) is 0 Å². The maximum absolute atomic E-state index is 12.8. The summed E-state index contributed by atoms with van der Waals surface area (Å²) in [7, 11) is 0. The third-order valence-electron chi connectivity index (χ3n) is 3.45. The first kappa shape index (κ1) is 17.8. The fourth-order valence-corrected chi connectivity index (χ4v) is 2.40. The molecule has 0 aliphatic rings. The Labute approximate surface area is 144 Å². The number of benzene rings is 2. The Hall–Kier alpha value is -2.55. The second-order valence-corrected chi connectivity index (χ2v) is 6.85. The van der Waals surface area contributed by atoms with Gasteiger partial charge in [-0.05, 0) is 44.9 Å². The molecule has 0 aromatic heterocycles. The van der Waals surface area contributed by atoms with E-state index in [1.807, 2.05) is 82.3 Å². The van der Waals surface area contributed by atoms with E-state index in [0.29, 0.717) is 6.54 Å². The van der Waals surface area contributed by atoms with Gasteiger partial charge in [0.1, 0.15) is 5.60 Å². The maximum atomic E-state index is 12.8. The predicted molar refractivity (Wildman–Crippen MR) is 100 cm³/mol. The van der Waals surface area contributed by atoms with E-state index in [1.54, 1.807) is 4.90 Å². The van der Waals surface area contributed by atoms with Crippen molar-refractivity contribution >= 4 is 17.4 Å². The number of ether oxygens (including phenoxy) is 1. The number of amides is 1. The number of anilines is 1. The van der Waals surface area contributed by atoms with Crippen molar-refractivity contribution in [3.63, 3.8) is 0 Å². The van der Waals surface area contributed by atoms with E-state index in [0.717, 1.165) is 22.4 Å². The van der Waals surface area contributed by atoms with Crippen LogP contribution in [0.25, 0.3) is 5.57 Å². The van der Waals surface area contributed by atoms with Crippen LogP contribution in [0.1, 0.15) is 38.8 Å². The molecule has 0 unspecified atom stereocenters. The average Bonchev–Trinajstić information content (AvgIpc) is 2.52. The largest absolute Gasteiger partial charge is 0.443 e. The minimum Gasteiger partial charge on any atom is -0.443 e. The lowest BCUT2D eigenvalue weighted by Gasteiger charge is -2.29. The lowest BCUT2D eigenvalue weighted by molar-refractivity contribution is 0.0577. The Kier molecular flexibility index (Phi) is 5.45. The molecule has 0 atom stereocenters. The molecule has 24 heavy (non-hydrogen) atoms. The number of hydrogen-bond acceptors (Lipinski definition) is 2. The van der Waals surface area contributed by atoms with Crippen LogP contribution in [-0.4, -0.2) is 11.7 Å². The zero-order chi connectivity index (χ0) is 17.7. The second-order valence-electron chi connectivity index (χ2n) is 6.85. The van der Waals surface area contributed by atoms with Crippen LogP contribution in [0.4, 0.5) is 10.5 Å². The van der Waals surface area contributed by atoms with Crippen molar-refractivity contribution in [3.05, 3.63) is 72.3 Å². The highest BCUT2D eigenvalue weighted by Crippen LogP contribution is 2.29. The topological polar surface area (TPSA) is 29.5 Å². The van der Waals surface area contributed by atoms with Gasteiger partial charge in [-0.2, -0.15) is 0 Å². The number of nitrogens with zero attached hydrogens (tertiary/aromatic N) is 1. The molecule has 0 fully saturated rings. The van der Waals surface area contributed by atoms with E-state index in [2.05, 4.69) is 6.58 Å². The Balaban J connectivity index is 2.43. The number of rotatable bonds is 4. The molecule has 2 aromatic carbocycles. The first-order valence-electron chi connectivity index (χ1n) is 8.07. The summed E-state index contributed by atoms with van der Waals surface area (Å²) < 4.78 is 5.62. The first-order valence-corrected chi connectivity index (χ1v) is 8.07. The quantitative estimate of drug-likeness (QED) is 0.726. The van der Waals surface area contributed by atoms with Gasteiger partial charge >= 0.3 is 6.09 Å². The molecule has 0 aliphatic carbocycles. The second kappa shape index (κ2) is 7.35. The molecule has 3 heteroatoms. The Bertz CT molecular complexity index is 714. The molecule has 0 saturated carbocycles. The number of carbonyl (C=O) groups excluding carboxylic acids is 1. The molecule has 2 aromatic rings. The number of allylic oxidation sites excluding steroid dienone is 1. The van der Waals surface area contributed by atoms with Gasteiger partial charge in [0.25, 0.3) is 0 Å². The summed E-state index contributed by atoms with van der Waals surface area (Å²) in [6.45, 7) is 12.0. The van der Waals surface area contributed by atoms with Crippen LogP contribution in [0.15, 0.2) is 61.2 Å². The van der Waals surface area contributed by atoms with Crippen LogP contribution in [-0.2, 0) is 11.3 Å². The molecular weight excluding hydrogens is 298 g/mol. The van der Waals surface area contributed by atoms with Crippen molar-refractivity contribution in [1.29, 1.82) is 0 Å². The van der Waals surface area contributed by atoms with Crippen LogP contribution in [0, 0.1) is 0 Å². The molecule has 0 spiro atoms. The third-order valence-corrected chi connectivity index (χ3v) is 3.45. The molecular formula is C21H25NO2. The molecule has 0 radical (unpaired) electrons. The van der Waals surface area contributed by atoms with Gasteiger partial charge in [-0.15, -0.1) is 0 Å². The molecule has 126 valence electrons. The SMILES string of the molecule is C=C(C)c1ccccc1N(Cc1ccccc1)C(=O)OC(C)(C)C. The highest BCUT2D eigenvalue weighted by atomic mass is 16.6. The molecule has 1 amide bonds. The zero-order valence-electron chi connectivity index (χ0n) is 14.9. The lowest BCUT2D eigenvalue weighted by Crippen LogP contribution is -2.37. The van der Waals surface area contributed by atoms with E-state index >= 15 is 0 Å². The fourth-order valence-electron chi connectivity index (χ4n) is 2.40. The molecule has 2 rings (SSSR count). The van der Waals surface area contributed by atoms with Gasteiger partial charge in [-0.1, -0.05) is 55.1 Å². The summed E-state index contributed by atoms with van der Waals surface area (Å²) in [5.41, 5.74) is 3.15. The van der Waals surface area contributed by atoms with Crippen molar-refractivity contribution in [1.82, 2.24) is 0 Å². The highest BCUT2D eigenvalue weighted by Gasteiger charge is 2.25.